The van der Waals surface area contributed by atoms with Gasteiger partial charge in [0.15, 0.2) is 5.82 Å². The molecule has 4 nitrogen and oxygen atoms in total. The van der Waals surface area contributed by atoms with Crippen molar-refractivity contribution in [2.24, 2.45) is 0 Å². The summed E-state index contributed by atoms with van der Waals surface area (Å²) in [6, 6.07) is 14.5. The molecule has 170 valence electrons. The van der Waals surface area contributed by atoms with Crippen LogP contribution in [0.25, 0.3) is 22.0 Å². The average Bonchev–Trinajstić information content (AvgIpc) is 2.70. The summed E-state index contributed by atoms with van der Waals surface area (Å²) in [6.45, 7) is 12.7. The maximum Gasteiger partial charge on any atom is 0.151 e. The second-order valence-corrected chi connectivity index (χ2v) is 10.7. The van der Waals surface area contributed by atoms with Crippen molar-refractivity contribution in [3.05, 3.63) is 53.6 Å². The number of alkyl halides is 1. The van der Waals surface area contributed by atoms with Crippen LogP contribution in [0.1, 0.15) is 64.8 Å². The van der Waals surface area contributed by atoms with E-state index in [0.29, 0.717) is 11.6 Å². The lowest BCUT2D eigenvalue weighted by Gasteiger charge is -2.49. The largest absolute Gasteiger partial charge is 0.355 e. The van der Waals surface area contributed by atoms with Crippen LogP contribution in [0.2, 0.25) is 0 Å². The number of nitrogens with one attached hydrogen (secondary N) is 1. The Hall–Kier alpha value is -2.53. The number of benzene rings is 2. The van der Waals surface area contributed by atoms with E-state index >= 15 is 0 Å². The molecule has 0 radical (unpaired) electrons. The molecule has 0 aliphatic carbocycles. The third kappa shape index (κ3) is 4.63. The van der Waals surface area contributed by atoms with Crippen molar-refractivity contribution >= 4 is 16.6 Å². The topological polar surface area (TPSA) is 41.0 Å². The highest BCUT2D eigenvalue weighted by Crippen LogP contribution is 2.33. The Kier molecular flexibility index (Phi) is 5.74. The molecule has 1 unspecified atom stereocenters. The van der Waals surface area contributed by atoms with Crippen LogP contribution in [0.15, 0.2) is 42.5 Å². The van der Waals surface area contributed by atoms with Crippen molar-refractivity contribution in [2.75, 3.05) is 11.9 Å². The number of aromatic nitrogens is 2. The van der Waals surface area contributed by atoms with Gasteiger partial charge < -0.3 is 10.2 Å². The first-order valence-electron chi connectivity index (χ1n) is 11.5. The lowest BCUT2D eigenvalue weighted by atomic mass is 9.79. The van der Waals surface area contributed by atoms with E-state index in [-0.39, 0.29) is 11.1 Å². The zero-order valence-corrected chi connectivity index (χ0v) is 20.3. The van der Waals surface area contributed by atoms with Crippen LogP contribution >= 0.6 is 0 Å². The first-order chi connectivity index (χ1) is 14.9. The number of halogens is 1. The van der Waals surface area contributed by atoms with Crippen molar-refractivity contribution in [3.8, 4) is 11.3 Å². The Morgan fingerprint density at radius 2 is 1.66 bits per heavy atom. The first kappa shape index (κ1) is 22.7. The van der Waals surface area contributed by atoms with Gasteiger partial charge in [0.25, 0.3) is 0 Å². The number of rotatable bonds is 4. The molecule has 0 spiro atoms. The zero-order valence-electron chi connectivity index (χ0n) is 20.3. The van der Waals surface area contributed by atoms with Crippen molar-refractivity contribution in [3.63, 3.8) is 0 Å². The van der Waals surface area contributed by atoms with Crippen LogP contribution in [0.4, 0.5) is 10.2 Å². The Labute approximate surface area is 191 Å². The van der Waals surface area contributed by atoms with Crippen LogP contribution in [0.3, 0.4) is 0 Å². The van der Waals surface area contributed by atoms with Crippen LogP contribution < -0.4 is 10.2 Å². The number of aryl methyl sites for hydroxylation is 1. The third-order valence-corrected chi connectivity index (χ3v) is 6.67. The predicted molar refractivity (Wildman–Crippen MR) is 132 cm³/mol. The third-order valence-electron chi connectivity index (χ3n) is 6.67. The van der Waals surface area contributed by atoms with E-state index in [4.69, 9.17) is 0 Å². The minimum atomic E-state index is -0.967. The van der Waals surface area contributed by atoms with Gasteiger partial charge in [-0.15, -0.1) is 10.2 Å². The van der Waals surface area contributed by atoms with Gasteiger partial charge >= 0.3 is 0 Å². The molecule has 3 aromatic rings. The normalized spacial score (nSPS) is 19.1. The van der Waals surface area contributed by atoms with Gasteiger partial charge in [-0.2, -0.15) is 0 Å². The van der Waals surface area contributed by atoms with Crippen LogP contribution in [0, 0.1) is 6.92 Å². The van der Waals surface area contributed by atoms with Gasteiger partial charge in [0, 0.05) is 29.7 Å². The van der Waals surface area contributed by atoms with Gasteiger partial charge in [0.05, 0.1) is 5.69 Å². The van der Waals surface area contributed by atoms with Gasteiger partial charge in [-0.3, -0.25) is 0 Å². The lowest BCUT2D eigenvalue weighted by Crippen LogP contribution is -2.62. The smallest absolute Gasteiger partial charge is 0.151 e. The molecule has 0 bridgehead atoms. The summed E-state index contributed by atoms with van der Waals surface area (Å²) in [7, 11) is 2.12. The van der Waals surface area contributed by atoms with Crippen molar-refractivity contribution in [2.45, 2.75) is 77.7 Å². The summed E-state index contributed by atoms with van der Waals surface area (Å²) in [5, 5.41) is 15.0. The molecule has 1 aromatic heterocycles. The van der Waals surface area contributed by atoms with Gasteiger partial charge in [-0.25, -0.2) is 4.39 Å². The van der Waals surface area contributed by atoms with E-state index in [1.807, 2.05) is 18.2 Å². The highest BCUT2D eigenvalue weighted by atomic mass is 19.1. The minimum absolute atomic E-state index is 0.0794. The Morgan fingerprint density at radius 3 is 2.25 bits per heavy atom. The number of piperidine rings is 1. The van der Waals surface area contributed by atoms with E-state index in [2.05, 4.69) is 86.3 Å². The number of hydrogen-bond donors (Lipinski definition) is 1. The second kappa shape index (κ2) is 8.11. The van der Waals surface area contributed by atoms with Crippen molar-refractivity contribution in [1.29, 1.82) is 0 Å². The van der Waals surface area contributed by atoms with E-state index in [1.165, 1.54) is 0 Å². The van der Waals surface area contributed by atoms with Crippen molar-refractivity contribution < 1.29 is 4.39 Å². The van der Waals surface area contributed by atoms with Gasteiger partial charge in [-0.05, 0) is 101 Å². The summed E-state index contributed by atoms with van der Waals surface area (Å²) in [5.41, 5.74) is 3.89. The predicted octanol–water partition coefficient (Wildman–Crippen LogP) is 6.38. The number of nitrogens with zero attached hydrogens (tertiary/aromatic N) is 3. The molecule has 0 saturated carbocycles. The van der Waals surface area contributed by atoms with E-state index in [9.17, 15) is 4.39 Å². The Balaban J connectivity index is 1.60. The van der Waals surface area contributed by atoms with Gasteiger partial charge in [0.1, 0.15) is 6.17 Å². The maximum absolute atomic E-state index is 13.7. The summed E-state index contributed by atoms with van der Waals surface area (Å²) in [4.78, 5) is 2.27. The second-order valence-electron chi connectivity index (χ2n) is 10.7. The molecule has 32 heavy (non-hydrogen) atoms. The van der Waals surface area contributed by atoms with E-state index in [0.717, 1.165) is 46.3 Å². The minimum Gasteiger partial charge on any atom is -0.355 e. The molecule has 1 saturated heterocycles. The molecule has 2 aromatic carbocycles. The summed E-state index contributed by atoms with van der Waals surface area (Å²) < 4.78 is 13.7. The average molecular weight is 435 g/mol. The summed E-state index contributed by atoms with van der Waals surface area (Å²) in [5.74, 6) is 0.896. The van der Waals surface area contributed by atoms with Gasteiger partial charge in [-0.1, -0.05) is 18.2 Å². The molecule has 2 heterocycles. The van der Waals surface area contributed by atoms with Crippen LogP contribution in [-0.2, 0) is 0 Å². The molecule has 1 aliphatic rings. The number of fused-ring (bicyclic) bond motifs is 1. The summed E-state index contributed by atoms with van der Waals surface area (Å²) in [6.07, 6.45) is 1.14. The van der Waals surface area contributed by atoms with Gasteiger partial charge in [0.2, 0.25) is 0 Å². The highest BCUT2D eigenvalue weighted by molar-refractivity contribution is 5.89. The standard InChI is InChI=1S/C27H35FN4/c1-17-12-21-13-19(18(2)28)8-9-20(21)14-23(17)24-10-11-25(30-29-24)32(7)22-15-26(3,4)31-27(5,6)16-22/h8-14,18,22,31H,15-16H2,1-7H3. The molecule has 1 N–H and O–H groups in total. The SMILES string of the molecule is Cc1cc2cc(C(C)F)ccc2cc1-c1ccc(N(C)C2CC(C)(C)NC(C)(C)C2)nn1. The highest BCUT2D eigenvalue weighted by Gasteiger charge is 2.39. The summed E-state index contributed by atoms with van der Waals surface area (Å²) >= 11 is 0. The zero-order chi connectivity index (χ0) is 23.3. The quantitative estimate of drug-likeness (QED) is 0.517. The van der Waals surface area contributed by atoms with E-state index in [1.54, 1.807) is 6.92 Å². The Bertz CT molecular complexity index is 1100. The fraction of sp³-hybridized carbons (Fsp3) is 0.481. The van der Waals surface area contributed by atoms with Crippen LogP contribution in [0.5, 0.6) is 0 Å². The first-order valence-corrected chi connectivity index (χ1v) is 11.5. The lowest BCUT2D eigenvalue weighted by molar-refractivity contribution is 0.160. The van der Waals surface area contributed by atoms with Crippen LogP contribution in [-0.4, -0.2) is 34.4 Å². The fourth-order valence-electron chi connectivity index (χ4n) is 5.34. The monoisotopic (exact) mass is 434 g/mol. The van der Waals surface area contributed by atoms with E-state index < -0.39 is 6.17 Å². The molecule has 1 aliphatic heterocycles. The molecule has 0 amide bonds. The molecule has 1 fully saturated rings. The fourth-order valence-corrected chi connectivity index (χ4v) is 5.34. The van der Waals surface area contributed by atoms with Crippen molar-refractivity contribution in [1.82, 2.24) is 15.5 Å². The molecular weight excluding hydrogens is 399 g/mol. The molecular formula is C27H35FN4. The number of hydrogen-bond acceptors (Lipinski definition) is 4. The molecule has 1 atom stereocenters. The Morgan fingerprint density at radius 1 is 0.969 bits per heavy atom. The molecule has 4 rings (SSSR count). The maximum atomic E-state index is 13.7. The number of anilines is 1. The molecule has 5 heteroatoms.